The summed E-state index contributed by atoms with van der Waals surface area (Å²) in [6.07, 6.45) is 1.89. The van der Waals surface area contributed by atoms with Crippen LogP contribution in [0, 0.1) is 0 Å². The molecule has 0 bridgehead atoms. The molecule has 0 fully saturated rings. The molecular formula is C33H22N2. The number of fused-ring (bicyclic) bond motifs is 4. The second-order valence-electron chi connectivity index (χ2n) is 9.00. The van der Waals surface area contributed by atoms with Crippen LogP contribution in [0.5, 0.6) is 0 Å². The van der Waals surface area contributed by atoms with E-state index in [0.29, 0.717) is 0 Å². The summed E-state index contributed by atoms with van der Waals surface area (Å²) in [5.41, 5.74) is 8.41. The first-order valence-corrected chi connectivity index (χ1v) is 11.9. The lowest BCUT2D eigenvalue weighted by molar-refractivity contribution is 0.709. The van der Waals surface area contributed by atoms with Gasteiger partial charge in [0.05, 0.1) is 17.1 Å². The van der Waals surface area contributed by atoms with Gasteiger partial charge in [0.25, 0.3) is 0 Å². The number of hydrogen-bond acceptors (Lipinski definition) is 2. The quantitative estimate of drug-likeness (QED) is 0.278. The van der Waals surface area contributed by atoms with Crippen molar-refractivity contribution < 1.29 is 0 Å². The first-order valence-electron chi connectivity index (χ1n) is 11.9. The Morgan fingerprint density at radius 2 is 1.14 bits per heavy atom. The lowest BCUT2D eigenvalue weighted by Crippen LogP contribution is -2.31. The standard InChI is InChI=1S/C33H22N2/c1-2-12-23(13-3-1)32-25-15-5-4-14-24(25)22-31(35-32)33(30-20-10-11-21-34-30)28-18-8-6-16-26(28)27-17-7-9-19-29(27)33/h1-22H. The van der Waals surface area contributed by atoms with E-state index in [0.717, 1.165) is 28.0 Å². The smallest absolute Gasteiger partial charge is 0.106 e. The Morgan fingerprint density at radius 1 is 0.514 bits per heavy atom. The minimum absolute atomic E-state index is 0.609. The molecule has 2 nitrogen and oxygen atoms in total. The van der Waals surface area contributed by atoms with Crippen molar-refractivity contribution >= 4 is 10.8 Å². The highest BCUT2D eigenvalue weighted by molar-refractivity contribution is 5.96. The van der Waals surface area contributed by atoms with Crippen molar-refractivity contribution in [3.05, 3.63) is 156 Å². The Hall–Kier alpha value is -4.56. The SMILES string of the molecule is c1ccc(-c2nc(C3(c4ccccn4)c4ccccc4-c4ccccc43)cc3ccccc23)cc1. The Balaban J connectivity index is 1.66. The Kier molecular flexibility index (Phi) is 4.40. The molecule has 7 rings (SSSR count). The van der Waals surface area contributed by atoms with Crippen LogP contribution < -0.4 is 0 Å². The van der Waals surface area contributed by atoms with Crippen LogP contribution in [0.4, 0.5) is 0 Å². The fourth-order valence-electron chi connectivity index (χ4n) is 5.71. The molecule has 1 aliphatic rings. The van der Waals surface area contributed by atoms with E-state index in [2.05, 4.69) is 115 Å². The van der Waals surface area contributed by atoms with Gasteiger partial charge in [-0.25, -0.2) is 0 Å². The summed E-state index contributed by atoms with van der Waals surface area (Å²) in [7, 11) is 0. The van der Waals surface area contributed by atoms with Crippen LogP contribution in [0.15, 0.2) is 134 Å². The maximum absolute atomic E-state index is 5.46. The molecule has 0 unspecified atom stereocenters. The molecule has 1 aliphatic carbocycles. The maximum atomic E-state index is 5.46. The van der Waals surface area contributed by atoms with Gasteiger partial charge in [0.1, 0.15) is 5.41 Å². The molecule has 6 aromatic rings. The number of rotatable bonds is 3. The molecule has 0 radical (unpaired) electrons. The number of hydrogen-bond donors (Lipinski definition) is 0. The first kappa shape index (κ1) is 19.9. The monoisotopic (exact) mass is 446 g/mol. The van der Waals surface area contributed by atoms with Crippen molar-refractivity contribution in [2.24, 2.45) is 0 Å². The fourth-order valence-corrected chi connectivity index (χ4v) is 5.71. The van der Waals surface area contributed by atoms with E-state index in [1.54, 1.807) is 0 Å². The summed E-state index contributed by atoms with van der Waals surface area (Å²) in [6.45, 7) is 0. The fraction of sp³-hybridized carbons (Fsp3) is 0.0303. The van der Waals surface area contributed by atoms with Gasteiger partial charge in [-0.1, -0.05) is 109 Å². The van der Waals surface area contributed by atoms with Gasteiger partial charge < -0.3 is 0 Å². The van der Waals surface area contributed by atoms with Crippen molar-refractivity contribution in [3.63, 3.8) is 0 Å². The summed E-state index contributed by atoms with van der Waals surface area (Å²) in [6, 6.07) is 44.9. The molecule has 0 saturated carbocycles. The molecule has 2 heterocycles. The van der Waals surface area contributed by atoms with Crippen molar-refractivity contribution in [1.29, 1.82) is 0 Å². The zero-order chi connectivity index (χ0) is 23.2. The van der Waals surface area contributed by atoms with Crippen LogP contribution in [0.2, 0.25) is 0 Å². The van der Waals surface area contributed by atoms with Gasteiger partial charge in [0.15, 0.2) is 0 Å². The molecule has 0 aliphatic heterocycles. The lowest BCUT2D eigenvalue weighted by Gasteiger charge is -2.32. The summed E-state index contributed by atoms with van der Waals surface area (Å²) in [5.74, 6) is 0. The van der Waals surface area contributed by atoms with E-state index in [4.69, 9.17) is 9.97 Å². The van der Waals surface area contributed by atoms with E-state index in [9.17, 15) is 0 Å². The first-order chi connectivity index (χ1) is 17.4. The van der Waals surface area contributed by atoms with Gasteiger partial charge in [0.2, 0.25) is 0 Å². The third-order valence-corrected chi connectivity index (χ3v) is 7.17. The van der Waals surface area contributed by atoms with Gasteiger partial charge in [-0.15, -0.1) is 0 Å². The second kappa shape index (κ2) is 7.75. The molecule has 0 saturated heterocycles. The highest BCUT2D eigenvalue weighted by Crippen LogP contribution is 2.55. The Morgan fingerprint density at radius 3 is 1.86 bits per heavy atom. The van der Waals surface area contributed by atoms with E-state index in [1.807, 2.05) is 18.3 Å². The minimum Gasteiger partial charge on any atom is -0.260 e. The minimum atomic E-state index is -0.609. The molecule has 0 amide bonds. The van der Waals surface area contributed by atoms with Crippen molar-refractivity contribution in [3.8, 4) is 22.4 Å². The number of pyridine rings is 2. The molecule has 0 atom stereocenters. The molecule has 4 aromatic carbocycles. The highest BCUT2D eigenvalue weighted by Gasteiger charge is 2.48. The predicted octanol–water partition coefficient (Wildman–Crippen LogP) is 7.66. The van der Waals surface area contributed by atoms with Gasteiger partial charge in [0, 0.05) is 17.1 Å². The van der Waals surface area contributed by atoms with Crippen LogP contribution in [0.1, 0.15) is 22.5 Å². The zero-order valence-corrected chi connectivity index (χ0v) is 19.1. The van der Waals surface area contributed by atoms with Crippen LogP contribution >= 0.6 is 0 Å². The van der Waals surface area contributed by atoms with Crippen LogP contribution in [-0.2, 0) is 5.41 Å². The summed E-state index contributed by atoms with van der Waals surface area (Å²) < 4.78 is 0. The lowest BCUT2D eigenvalue weighted by atomic mass is 9.71. The van der Waals surface area contributed by atoms with E-state index < -0.39 is 5.41 Å². The highest BCUT2D eigenvalue weighted by atomic mass is 14.8. The number of nitrogens with zero attached hydrogens (tertiary/aromatic N) is 2. The van der Waals surface area contributed by atoms with Crippen LogP contribution in [0.3, 0.4) is 0 Å². The summed E-state index contributed by atoms with van der Waals surface area (Å²) in [5, 5.41) is 2.33. The molecule has 2 aromatic heterocycles. The normalized spacial score (nSPS) is 13.4. The molecular weight excluding hydrogens is 424 g/mol. The average molecular weight is 447 g/mol. The molecule has 0 spiro atoms. The Labute approximate surface area is 204 Å². The van der Waals surface area contributed by atoms with E-state index in [1.165, 1.54) is 27.6 Å². The maximum Gasteiger partial charge on any atom is 0.106 e. The summed E-state index contributed by atoms with van der Waals surface area (Å²) >= 11 is 0. The predicted molar refractivity (Wildman–Crippen MR) is 142 cm³/mol. The third kappa shape index (κ3) is 2.83. The van der Waals surface area contributed by atoms with Gasteiger partial charge in [-0.3, -0.25) is 9.97 Å². The third-order valence-electron chi connectivity index (χ3n) is 7.17. The van der Waals surface area contributed by atoms with E-state index in [-0.39, 0.29) is 0 Å². The molecule has 35 heavy (non-hydrogen) atoms. The molecule has 164 valence electrons. The van der Waals surface area contributed by atoms with Gasteiger partial charge in [-0.2, -0.15) is 0 Å². The molecule has 2 heteroatoms. The topological polar surface area (TPSA) is 25.8 Å². The molecule has 0 N–H and O–H groups in total. The second-order valence-corrected chi connectivity index (χ2v) is 9.00. The van der Waals surface area contributed by atoms with Crippen molar-refractivity contribution in [1.82, 2.24) is 9.97 Å². The largest absolute Gasteiger partial charge is 0.260 e. The van der Waals surface area contributed by atoms with Crippen molar-refractivity contribution in [2.75, 3.05) is 0 Å². The van der Waals surface area contributed by atoms with Crippen molar-refractivity contribution in [2.45, 2.75) is 5.41 Å². The van der Waals surface area contributed by atoms with Crippen LogP contribution in [0.25, 0.3) is 33.2 Å². The number of benzene rings is 4. The van der Waals surface area contributed by atoms with Crippen LogP contribution in [-0.4, -0.2) is 9.97 Å². The Bertz CT molecular complexity index is 1640. The van der Waals surface area contributed by atoms with Gasteiger partial charge >= 0.3 is 0 Å². The zero-order valence-electron chi connectivity index (χ0n) is 19.1. The van der Waals surface area contributed by atoms with E-state index >= 15 is 0 Å². The average Bonchev–Trinajstić information content (AvgIpc) is 3.25. The number of aromatic nitrogens is 2. The van der Waals surface area contributed by atoms with Gasteiger partial charge in [-0.05, 0) is 45.8 Å². The summed E-state index contributed by atoms with van der Waals surface area (Å²) in [4.78, 5) is 10.4.